The smallest absolute Gasteiger partial charge is 0.334 e. The molecule has 0 aromatic heterocycles. The van der Waals surface area contributed by atoms with Crippen LogP contribution in [0.5, 0.6) is 5.75 Å². The highest BCUT2D eigenvalue weighted by Crippen LogP contribution is 2.48. The van der Waals surface area contributed by atoms with Gasteiger partial charge in [-0.1, -0.05) is 38.1 Å². The second-order valence-corrected chi connectivity index (χ2v) is 11.5. The molecule has 0 saturated heterocycles. The van der Waals surface area contributed by atoms with Crippen molar-refractivity contribution in [3.8, 4) is 5.75 Å². The molecule has 2 aromatic carbocycles. The highest BCUT2D eigenvalue weighted by atomic mass is 16.6. The van der Waals surface area contributed by atoms with Gasteiger partial charge in [0.05, 0.1) is 28.6 Å². The van der Waals surface area contributed by atoms with Crippen molar-refractivity contribution in [2.75, 3.05) is 33.8 Å². The van der Waals surface area contributed by atoms with Crippen molar-refractivity contribution in [3.63, 3.8) is 0 Å². The van der Waals surface area contributed by atoms with E-state index in [4.69, 9.17) is 4.74 Å². The molecule has 10 nitrogen and oxygen atoms in total. The third-order valence-corrected chi connectivity index (χ3v) is 7.82. The molecule has 0 saturated carbocycles. The molecule has 1 aliphatic heterocycles. The minimum Gasteiger partial charge on any atom is -0.497 e. The molecule has 0 radical (unpaired) electrons. The van der Waals surface area contributed by atoms with E-state index in [1.165, 1.54) is 36.8 Å². The number of benzene rings is 2. The lowest BCUT2D eigenvalue weighted by molar-refractivity contribution is -0.385. The van der Waals surface area contributed by atoms with Crippen molar-refractivity contribution in [3.05, 3.63) is 92.3 Å². The van der Waals surface area contributed by atoms with Gasteiger partial charge in [0.2, 0.25) is 0 Å². The number of carboxylic acid groups (broad SMARTS) is 2. The van der Waals surface area contributed by atoms with Gasteiger partial charge in [-0.3, -0.25) is 10.1 Å². The fourth-order valence-corrected chi connectivity index (χ4v) is 5.96. The number of carbonyl (C=O) groups is 2. The predicted molar refractivity (Wildman–Crippen MR) is 156 cm³/mol. The first-order valence-electron chi connectivity index (χ1n) is 13.4. The van der Waals surface area contributed by atoms with E-state index in [0.717, 1.165) is 18.7 Å². The molecule has 220 valence electrons. The zero-order valence-corrected chi connectivity index (χ0v) is 24.7. The summed E-state index contributed by atoms with van der Waals surface area (Å²) in [7, 11) is 3.66. The van der Waals surface area contributed by atoms with Gasteiger partial charge in [0.1, 0.15) is 5.75 Å². The number of non-ortho nitro benzene ring substituents is 1. The number of nitrogens with zero attached hydrogens (tertiary/aromatic N) is 3. The second-order valence-electron chi connectivity index (χ2n) is 11.5. The Morgan fingerprint density at radius 3 is 2.10 bits per heavy atom. The summed E-state index contributed by atoms with van der Waals surface area (Å²) < 4.78 is 5.22. The van der Waals surface area contributed by atoms with Crippen LogP contribution in [0.4, 0.5) is 5.69 Å². The molecule has 2 aromatic rings. The van der Waals surface area contributed by atoms with Crippen molar-refractivity contribution in [2.24, 2.45) is 5.41 Å². The molecule has 1 heterocycles. The van der Waals surface area contributed by atoms with Crippen LogP contribution in [-0.4, -0.2) is 70.7 Å². The first-order chi connectivity index (χ1) is 19.1. The lowest BCUT2D eigenvalue weighted by atomic mass is 9.66. The number of allylic oxidation sites excluding steroid dienone is 2. The molecule has 10 heteroatoms. The van der Waals surface area contributed by atoms with Gasteiger partial charge in [0, 0.05) is 43.2 Å². The molecular weight excluding hydrogens is 526 g/mol. The molecule has 0 amide bonds. The van der Waals surface area contributed by atoms with Crippen LogP contribution in [0.3, 0.4) is 0 Å². The first kappa shape index (κ1) is 31.3. The molecule has 0 fully saturated rings. The fourth-order valence-electron chi connectivity index (χ4n) is 5.96. The zero-order chi connectivity index (χ0) is 30.7. The van der Waals surface area contributed by atoms with Gasteiger partial charge in [-0.2, -0.15) is 0 Å². The molecule has 0 atom stereocenters. The van der Waals surface area contributed by atoms with Crippen LogP contribution in [0, 0.1) is 15.5 Å². The number of aliphatic carboxylic acids is 2. The van der Waals surface area contributed by atoms with Gasteiger partial charge in [-0.05, 0) is 62.9 Å². The molecule has 0 spiro atoms. The Balaban J connectivity index is 1.94. The van der Waals surface area contributed by atoms with Crippen molar-refractivity contribution in [1.29, 1.82) is 0 Å². The number of carboxylic acids is 2. The number of likely N-dealkylation sites (N-methyl/N-ethyl adjacent to an activating group) is 1. The maximum Gasteiger partial charge on any atom is 0.334 e. The SMILES string of the molecule is COc1ccc(CCN(C)CC(C)(C)CN2C(C)=C(C(=O)O)C(C)(c3cccc([N+](=O)[O-])c3)C(C(=O)O)=C2C)cc1. The summed E-state index contributed by atoms with van der Waals surface area (Å²) in [6, 6.07) is 13.5. The number of nitro benzene ring substituents is 1. The molecule has 1 aliphatic rings. The molecule has 0 bridgehead atoms. The third-order valence-electron chi connectivity index (χ3n) is 7.82. The highest BCUT2D eigenvalue weighted by Gasteiger charge is 2.49. The van der Waals surface area contributed by atoms with Gasteiger partial charge >= 0.3 is 11.9 Å². The van der Waals surface area contributed by atoms with E-state index in [1.54, 1.807) is 25.9 Å². The Kier molecular flexibility index (Phi) is 9.28. The van der Waals surface area contributed by atoms with Crippen LogP contribution < -0.4 is 4.74 Å². The van der Waals surface area contributed by atoms with Gasteiger partial charge < -0.3 is 24.7 Å². The Bertz CT molecular complexity index is 1350. The Morgan fingerprint density at radius 2 is 1.61 bits per heavy atom. The van der Waals surface area contributed by atoms with Crippen molar-refractivity contribution < 1.29 is 29.5 Å². The van der Waals surface area contributed by atoms with E-state index in [-0.39, 0.29) is 27.8 Å². The highest BCUT2D eigenvalue weighted by molar-refractivity contribution is 6.00. The summed E-state index contributed by atoms with van der Waals surface area (Å²) in [6.07, 6.45) is 0.839. The summed E-state index contributed by atoms with van der Waals surface area (Å²) in [6.45, 7) is 10.8. The average molecular weight is 566 g/mol. The minimum atomic E-state index is -1.62. The van der Waals surface area contributed by atoms with Crippen LogP contribution in [0.2, 0.25) is 0 Å². The van der Waals surface area contributed by atoms with E-state index in [0.29, 0.717) is 24.5 Å². The number of ether oxygens (including phenoxy) is 1. The van der Waals surface area contributed by atoms with Crippen molar-refractivity contribution >= 4 is 17.6 Å². The summed E-state index contributed by atoms with van der Waals surface area (Å²) >= 11 is 0. The number of hydrogen-bond donors (Lipinski definition) is 2. The predicted octanol–water partition coefficient (Wildman–Crippen LogP) is 5.09. The monoisotopic (exact) mass is 565 g/mol. The number of rotatable bonds is 12. The zero-order valence-electron chi connectivity index (χ0n) is 24.7. The first-order valence-corrected chi connectivity index (χ1v) is 13.4. The van der Waals surface area contributed by atoms with Gasteiger partial charge in [-0.25, -0.2) is 9.59 Å². The van der Waals surface area contributed by atoms with Crippen LogP contribution in [0.1, 0.15) is 45.7 Å². The molecule has 0 unspecified atom stereocenters. The normalized spacial score (nSPS) is 15.4. The van der Waals surface area contributed by atoms with Crippen LogP contribution in [-0.2, 0) is 21.4 Å². The molecule has 2 N–H and O–H groups in total. The number of hydrogen-bond acceptors (Lipinski definition) is 7. The van der Waals surface area contributed by atoms with E-state index in [9.17, 15) is 29.9 Å². The third kappa shape index (κ3) is 6.59. The Morgan fingerprint density at radius 1 is 1.05 bits per heavy atom. The maximum atomic E-state index is 12.7. The van der Waals surface area contributed by atoms with Crippen LogP contribution >= 0.6 is 0 Å². The lowest BCUT2D eigenvalue weighted by Crippen LogP contribution is -2.47. The quantitative estimate of drug-likeness (QED) is 0.266. The van der Waals surface area contributed by atoms with Gasteiger partial charge in [0.25, 0.3) is 5.69 Å². The van der Waals surface area contributed by atoms with E-state index in [2.05, 4.69) is 18.7 Å². The second kappa shape index (κ2) is 12.1. The average Bonchev–Trinajstić information content (AvgIpc) is 2.89. The van der Waals surface area contributed by atoms with E-state index >= 15 is 0 Å². The summed E-state index contributed by atoms with van der Waals surface area (Å²) in [5, 5.41) is 32.3. The summed E-state index contributed by atoms with van der Waals surface area (Å²) in [5.41, 5.74) is -0.230. The van der Waals surface area contributed by atoms with Crippen molar-refractivity contribution in [1.82, 2.24) is 9.80 Å². The number of nitro groups is 1. The number of methoxy groups -OCH3 is 1. The van der Waals surface area contributed by atoms with Gasteiger partial charge in [0.15, 0.2) is 0 Å². The van der Waals surface area contributed by atoms with Crippen LogP contribution in [0.25, 0.3) is 0 Å². The standard InChI is InChI=1S/C31H39N3O7/c1-20-26(28(35)36)31(5,23-9-8-10-24(17-23)34(39)40)27(29(37)38)21(2)33(20)19-30(3,4)18-32(6)16-15-22-11-13-25(41-7)14-12-22/h8-14,17H,15-16,18-19H2,1-7H3,(H,35,36)(H,37,38). The summed E-state index contributed by atoms with van der Waals surface area (Å²) in [5.74, 6) is -1.75. The minimum absolute atomic E-state index is 0.121. The summed E-state index contributed by atoms with van der Waals surface area (Å²) in [4.78, 5) is 40.4. The van der Waals surface area contributed by atoms with Gasteiger partial charge in [-0.15, -0.1) is 0 Å². The van der Waals surface area contributed by atoms with E-state index in [1.807, 2.05) is 31.3 Å². The Labute approximate surface area is 240 Å². The fraction of sp³-hybridized carbons (Fsp3) is 0.419. The topological polar surface area (TPSA) is 133 Å². The maximum absolute atomic E-state index is 12.7. The van der Waals surface area contributed by atoms with Crippen molar-refractivity contribution in [2.45, 2.75) is 46.5 Å². The molecule has 3 rings (SSSR count). The molecule has 41 heavy (non-hydrogen) atoms. The Hall–Kier alpha value is -4.18. The lowest BCUT2D eigenvalue weighted by Gasteiger charge is -2.45. The molecule has 0 aliphatic carbocycles. The molecular formula is C31H39N3O7. The van der Waals surface area contributed by atoms with Crippen LogP contribution in [0.15, 0.2) is 71.1 Å². The largest absolute Gasteiger partial charge is 0.497 e. The van der Waals surface area contributed by atoms with E-state index < -0.39 is 22.3 Å².